The second-order valence-corrected chi connectivity index (χ2v) is 4.83. The predicted octanol–water partition coefficient (Wildman–Crippen LogP) is 3.90. The van der Waals surface area contributed by atoms with Crippen LogP contribution in [0.2, 0.25) is 0 Å². The minimum absolute atomic E-state index is 0.319. The van der Waals surface area contributed by atoms with Crippen molar-refractivity contribution < 1.29 is 0 Å². The van der Waals surface area contributed by atoms with E-state index in [-0.39, 0.29) is 0 Å². The van der Waals surface area contributed by atoms with Gasteiger partial charge in [0, 0.05) is 12.7 Å². The third kappa shape index (κ3) is 2.70. The van der Waals surface area contributed by atoms with E-state index in [1.165, 1.54) is 11.1 Å². The second-order valence-electron chi connectivity index (χ2n) is 4.83. The summed E-state index contributed by atoms with van der Waals surface area (Å²) >= 11 is 0. The first-order valence-corrected chi connectivity index (χ1v) is 6.31. The fourth-order valence-electron chi connectivity index (χ4n) is 1.99. The van der Waals surface area contributed by atoms with Gasteiger partial charge in [-0.2, -0.15) is 0 Å². The molecule has 2 rings (SSSR count). The minimum atomic E-state index is 0.319. The lowest BCUT2D eigenvalue weighted by Crippen LogP contribution is -2.22. The van der Waals surface area contributed by atoms with Crippen LogP contribution in [0.4, 0.5) is 5.82 Å². The van der Waals surface area contributed by atoms with Crippen LogP contribution in [-0.2, 0) is 0 Å². The smallest absolute Gasteiger partial charge is 0.129 e. The predicted molar refractivity (Wildman–Crippen MR) is 77.0 cm³/mol. The van der Waals surface area contributed by atoms with Crippen LogP contribution >= 0.6 is 0 Å². The Balaban J connectivity index is 2.23. The number of hydrogen-bond donors (Lipinski definition) is 0. The summed E-state index contributed by atoms with van der Waals surface area (Å²) in [5, 5.41) is 0. The molecule has 0 saturated carbocycles. The van der Waals surface area contributed by atoms with Gasteiger partial charge in [-0.25, -0.2) is 4.98 Å². The molecule has 0 fully saturated rings. The minimum Gasteiger partial charge on any atom is -0.353 e. The zero-order valence-corrected chi connectivity index (χ0v) is 11.5. The van der Waals surface area contributed by atoms with Crippen LogP contribution in [-0.4, -0.2) is 12.0 Å². The number of aryl methyl sites for hydroxylation is 2. The molecule has 0 radical (unpaired) electrons. The van der Waals surface area contributed by atoms with Crippen molar-refractivity contribution in [1.82, 2.24) is 4.98 Å². The fraction of sp³-hybridized carbons (Fsp3) is 0.312. The summed E-state index contributed by atoms with van der Waals surface area (Å²) in [5.74, 6) is 1.02. The molecular formula is C16H20N2. The van der Waals surface area contributed by atoms with Crippen molar-refractivity contribution in [2.75, 3.05) is 11.9 Å². The molecule has 0 bridgehead atoms. The average molecular weight is 240 g/mol. The summed E-state index contributed by atoms with van der Waals surface area (Å²) < 4.78 is 0. The van der Waals surface area contributed by atoms with Crippen LogP contribution in [0.25, 0.3) is 0 Å². The number of pyridine rings is 1. The first kappa shape index (κ1) is 12.6. The van der Waals surface area contributed by atoms with Crippen molar-refractivity contribution in [3.05, 3.63) is 59.3 Å². The molecule has 18 heavy (non-hydrogen) atoms. The number of nitrogens with zero attached hydrogens (tertiary/aromatic N) is 2. The van der Waals surface area contributed by atoms with Crippen LogP contribution in [0.1, 0.15) is 29.8 Å². The number of hydrogen-bond acceptors (Lipinski definition) is 2. The van der Waals surface area contributed by atoms with Gasteiger partial charge < -0.3 is 4.90 Å². The molecule has 1 heterocycles. The molecule has 2 heteroatoms. The van der Waals surface area contributed by atoms with Crippen molar-refractivity contribution in [2.45, 2.75) is 26.8 Å². The lowest BCUT2D eigenvalue weighted by Gasteiger charge is -2.26. The van der Waals surface area contributed by atoms with E-state index in [2.05, 4.69) is 67.2 Å². The van der Waals surface area contributed by atoms with Gasteiger partial charge in [0.2, 0.25) is 0 Å². The highest BCUT2D eigenvalue weighted by atomic mass is 15.2. The van der Waals surface area contributed by atoms with Gasteiger partial charge in [0.25, 0.3) is 0 Å². The molecule has 1 aromatic heterocycles. The molecular weight excluding hydrogens is 220 g/mol. The van der Waals surface area contributed by atoms with Crippen LogP contribution in [0.15, 0.2) is 42.5 Å². The van der Waals surface area contributed by atoms with Crippen molar-refractivity contribution in [3.8, 4) is 0 Å². The highest BCUT2D eigenvalue weighted by molar-refractivity contribution is 5.42. The van der Waals surface area contributed by atoms with Crippen molar-refractivity contribution >= 4 is 5.82 Å². The Labute approximate surface area is 109 Å². The molecule has 2 nitrogen and oxygen atoms in total. The van der Waals surface area contributed by atoms with Crippen molar-refractivity contribution in [2.24, 2.45) is 0 Å². The van der Waals surface area contributed by atoms with E-state index in [0.29, 0.717) is 6.04 Å². The van der Waals surface area contributed by atoms with Gasteiger partial charge in [-0.15, -0.1) is 0 Å². The van der Waals surface area contributed by atoms with Gasteiger partial charge in [-0.1, -0.05) is 35.9 Å². The highest BCUT2D eigenvalue weighted by Gasteiger charge is 2.12. The molecule has 0 aliphatic rings. The summed E-state index contributed by atoms with van der Waals surface area (Å²) in [6.07, 6.45) is 0. The molecule has 1 atom stereocenters. The van der Waals surface area contributed by atoms with Gasteiger partial charge in [-0.05, 0) is 38.5 Å². The second kappa shape index (κ2) is 5.21. The Hall–Kier alpha value is -1.83. The Kier molecular flexibility index (Phi) is 3.66. The lowest BCUT2D eigenvalue weighted by atomic mass is 10.1. The van der Waals surface area contributed by atoms with E-state index in [1.807, 2.05) is 13.0 Å². The van der Waals surface area contributed by atoms with Gasteiger partial charge in [0.1, 0.15) is 5.82 Å². The van der Waals surface area contributed by atoms with E-state index in [1.54, 1.807) is 0 Å². The maximum atomic E-state index is 4.56. The normalized spacial score (nSPS) is 12.2. The molecule has 94 valence electrons. The average Bonchev–Trinajstić information content (AvgIpc) is 2.38. The first-order valence-electron chi connectivity index (χ1n) is 6.31. The molecule has 1 unspecified atom stereocenters. The van der Waals surface area contributed by atoms with Gasteiger partial charge in [0.05, 0.1) is 6.04 Å². The van der Waals surface area contributed by atoms with E-state index >= 15 is 0 Å². The molecule has 0 N–H and O–H groups in total. The molecule has 2 aromatic rings. The Morgan fingerprint density at radius 3 is 2.28 bits per heavy atom. The SMILES string of the molecule is Cc1ccc(C(C)N(C)c2cccc(C)n2)cc1. The van der Waals surface area contributed by atoms with Crippen LogP contribution in [0, 0.1) is 13.8 Å². The fourth-order valence-corrected chi connectivity index (χ4v) is 1.99. The van der Waals surface area contributed by atoms with Gasteiger partial charge in [-0.3, -0.25) is 0 Å². The Bertz CT molecular complexity index is 517. The van der Waals surface area contributed by atoms with Gasteiger partial charge >= 0.3 is 0 Å². The maximum absolute atomic E-state index is 4.56. The number of anilines is 1. The number of benzene rings is 1. The van der Waals surface area contributed by atoms with Crippen LogP contribution < -0.4 is 4.90 Å². The molecule has 0 aliphatic heterocycles. The number of aromatic nitrogens is 1. The Morgan fingerprint density at radius 1 is 1.00 bits per heavy atom. The summed E-state index contributed by atoms with van der Waals surface area (Å²) in [5.41, 5.74) is 3.66. The third-order valence-electron chi connectivity index (χ3n) is 3.38. The van der Waals surface area contributed by atoms with E-state index in [4.69, 9.17) is 0 Å². The number of rotatable bonds is 3. The molecule has 0 spiro atoms. The summed E-state index contributed by atoms with van der Waals surface area (Å²) in [7, 11) is 2.09. The monoisotopic (exact) mass is 240 g/mol. The van der Waals surface area contributed by atoms with Crippen molar-refractivity contribution in [3.63, 3.8) is 0 Å². The quantitative estimate of drug-likeness (QED) is 0.809. The Morgan fingerprint density at radius 2 is 1.67 bits per heavy atom. The molecule has 0 saturated heterocycles. The zero-order valence-electron chi connectivity index (χ0n) is 11.5. The van der Waals surface area contributed by atoms with E-state index in [9.17, 15) is 0 Å². The third-order valence-corrected chi connectivity index (χ3v) is 3.38. The standard InChI is InChI=1S/C16H20N2/c1-12-8-10-15(11-9-12)14(3)18(4)16-7-5-6-13(2)17-16/h5-11,14H,1-4H3. The summed E-state index contributed by atoms with van der Waals surface area (Å²) in [6, 6.07) is 15.1. The highest BCUT2D eigenvalue weighted by Crippen LogP contribution is 2.23. The summed E-state index contributed by atoms with van der Waals surface area (Å²) in [4.78, 5) is 6.77. The van der Waals surface area contributed by atoms with Crippen LogP contribution in [0.3, 0.4) is 0 Å². The van der Waals surface area contributed by atoms with E-state index < -0.39 is 0 Å². The molecule has 1 aromatic carbocycles. The molecule has 0 amide bonds. The molecule has 0 aliphatic carbocycles. The van der Waals surface area contributed by atoms with Crippen LogP contribution in [0.5, 0.6) is 0 Å². The lowest BCUT2D eigenvalue weighted by molar-refractivity contribution is 0.727. The largest absolute Gasteiger partial charge is 0.353 e. The zero-order chi connectivity index (χ0) is 13.1. The van der Waals surface area contributed by atoms with E-state index in [0.717, 1.165) is 11.5 Å². The van der Waals surface area contributed by atoms with Gasteiger partial charge in [0.15, 0.2) is 0 Å². The first-order chi connectivity index (χ1) is 8.58. The van der Waals surface area contributed by atoms with Crippen molar-refractivity contribution in [1.29, 1.82) is 0 Å². The summed E-state index contributed by atoms with van der Waals surface area (Å²) in [6.45, 7) is 6.34. The maximum Gasteiger partial charge on any atom is 0.129 e. The topological polar surface area (TPSA) is 16.1 Å².